The van der Waals surface area contributed by atoms with Gasteiger partial charge in [0.1, 0.15) is 0 Å². The second-order valence-electron chi connectivity index (χ2n) is 4.71. The van der Waals surface area contributed by atoms with Crippen molar-refractivity contribution in [2.24, 2.45) is 0 Å². The van der Waals surface area contributed by atoms with Crippen molar-refractivity contribution < 1.29 is 18.7 Å². The van der Waals surface area contributed by atoms with Crippen molar-refractivity contribution in [2.75, 3.05) is 25.0 Å². The van der Waals surface area contributed by atoms with E-state index in [4.69, 9.17) is 5.11 Å². The van der Waals surface area contributed by atoms with E-state index >= 15 is 0 Å². The first-order chi connectivity index (χ1) is 9.45. The topological polar surface area (TPSA) is 52.6 Å². The first kappa shape index (κ1) is 16.4. The number of aliphatic hydroxyl groups excluding tert-OH is 1. The number of hydrogen-bond donors (Lipinski definition) is 2. The molecule has 0 aliphatic heterocycles. The fourth-order valence-corrected chi connectivity index (χ4v) is 1.84. The lowest BCUT2D eigenvalue weighted by molar-refractivity contribution is 0.0510. The van der Waals surface area contributed by atoms with Crippen molar-refractivity contribution in [2.45, 2.75) is 26.3 Å². The van der Waals surface area contributed by atoms with Gasteiger partial charge in [-0.15, -0.1) is 0 Å². The molecular formula is C14H20F2N2O2. The van der Waals surface area contributed by atoms with E-state index < -0.39 is 18.9 Å². The van der Waals surface area contributed by atoms with Crippen LogP contribution in [-0.2, 0) is 0 Å². The summed E-state index contributed by atoms with van der Waals surface area (Å²) in [7, 11) is 0. The van der Waals surface area contributed by atoms with Gasteiger partial charge in [-0.05, 0) is 26.0 Å². The van der Waals surface area contributed by atoms with Crippen LogP contribution in [0.2, 0.25) is 0 Å². The monoisotopic (exact) mass is 286 g/mol. The van der Waals surface area contributed by atoms with Crippen molar-refractivity contribution in [3.05, 3.63) is 29.8 Å². The molecule has 112 valence electrons. The van der Waals surface area contributed by atoms with Crippen LogP contribution in [0, 0.1) is 0 Å². The van der Waals surface area contributed by atoms with Gasteiger partial charge < -0.3 is 15.3 Å². The van der Waals surface area contributed by atoms with Crippen LogP contribution >= 0.6 is 0 Å². The molecule has 1 aromatic carbocycles. The molecule has 2 N–H and O–H groups in total. The molecule has 0 atom stereocenters. The van der Waals surface area contributed by atoms with E-state index in [1.807, 2.05) is 13.8 Å². The van der Waals surface area contributed by atoms with E-state index in [1.54, 1.807) is 24.3 Å². The largest absolute Gasteiger partial charge is 0.395 e. The van der Waals surface area contributed by atoms with E-state index in [0.29, 0.717) is 11.3 Å². The molecule has 0 aliphatic rings. The minimum absolute atomic E-state index is 0.112. The van der Waals surface area contributed by atoms with Crippen LogP contribution in [0.15, 0.2) is 24.3 Å². The predicted molar refractivity (Wildman–Crippen MR) is 74.2 cm³/mol. The molecule has 4 nitrogen and oxygen atoms in total. The zero-order valence-electron chi connectivity index (χ0n) is 11.6. The number of nitrogens with one attached hydrogen (secondary N) is 1. The van der Waals surface area contributed by atoms with E-state index in [0.717, 1.165) is 4.90 Å². The fourth-order valence-electron chi connectivity index (χ4n) is 1.84. The highest BCUT2D eigenvalue weighted by molar-refractivity contribution is 5.99. The average Bonchev–Trinajstić information content (AvgIpc) is 2.37. The normalized spacial score (nSPS) is 10.9. The molecule has 0 aliphatic carbocycles. The highest BCUT2D eigenvalue weighted by Gasteiger charge is 2.21. The molecule has 0 heterocycles. The Morgan fingerprint density at radius 1 is 1.35 bits per heavy atom. The van der Waals surface area contributed by atoms with E-state index in [1.165, 1.54) is 0 Å². The zero-order chi connectivity index (χ0) is 15.1. The first-order valence-electron chi connectivity index (χ1n) is 6.49. The maximum Gasteiger partial charge on any atom is 0.256 e. The molecule has 1 aromatic rings. The Hall–Kier alpha value is -1.69. The summed E-state index contributed by atoms with van der Waals surface area (Å²) in [4.78, 5) is 13.3. The quantitative estimate of drug-likeness (QED) is 0.808. The summed E-state index contributed by atoms with van der Waals surface area (Å²) in [6.45, 7) is 2.70. The third-order valence-electron chi connectivity index (χ3n) is 2.62. The Kier molecular flexibility index (Phi) is 6.38. The molecule has 0 unspecified atom stereocenters. The van der Waals surface area contributed by atoms with Gasteiger partial charge in [-0.25, -0.2) is 8.78 Å². The van der Waals surface area contributed by atoms with Crippen LogP contribution in [0.5, 0.6) is 0 Å². The lowest BCUT2D eigenvalue weighted by Crippen LogP contribution is -2.37. The van der Waals surface area contributed by atoms with Gasteiger partial charge in [-0.3, -0.25) is 4.79 Å². The minimum Gasteiger partial charge on any atom is -0.395 e. The van der Waals surface area contributed by atoms with Gasteiger partial charge in [0.2, 0.25) is 0 Å². The molecule has 20 heavy (non-hydrogen) atoms. The molecule has 1 rings (SSSR count). The van der Waals surface area contributed by atoms with Crippen molar-refractivity contribution >= 4 is 11.6 Å². The first-order valence-corrected chi connectivity index (χ1v) is 6.49. The number of alkyl halides is 2. The smallest absolute Gasteiger partial charge is 0.256 e. The van der Waals surface area contributed by atoms with Crippen molar-refractivity contribution in [3.63, 3.8) is 0 Å². The van der Waals surface area contributed by atoms with Gasteiger partial charge in [-0.1, -0.05) is 12.1 Å². The standard InChI is InChI=1S/C14H20F2N2O2/c1-10(2)17-12-6-4-3-5-11(12)14(20)18(7-8-19)9-13(15)16/h3-6,10,13,17,19H,7-9H2,1-2H3. The summed E-state index contributed by atoms with van der Waals surface area (Å²) < 4.78 is 25.0. The maximum absolute atomic E-state index is 12.5. The highest BCUT2D eigenvalue weighted by atomic mass is 19.3. The Morgan fingerprint density at radius 3 is 2.55 bits per heavy atom. The van der Waals surface area contributed by atoms with Gasteiger partial charge in [0, 0.05) is 18.3 Å². The molecule has 0 spiro atoms. The van der Waals surface area contributed by atoms with E-state index in [-0.39, 0.29) is 19.2 Å². The molecule has 0 saturated heterocycles. The number of benzene rings is 1. The lowest BCUT2D eigenvalue weighted by Gasteiger charge is -2.23. The van der Waals surface area contributed by atoms with Crippen LogP contribution in [0.25, 0.3) is 0 Å². The SMILES string of the molecule is CC(C)Nc1ccccc1C(=O)N(CCO)CC(F)F. The molecule has 0 bridgehead atoms. The second-order valence-corrected chi connectivity index (χ2v) is 4.71. The molecular weight excluding hydrogens is 266 g/mol. The summed E-state index contributed by atoms with van der Waals surface area (Å²) in [5.74, 6) is -0.511. The van der Waals surface area contributed by atoms with Crippen LogP contribution in [0.1, 0.15) is 24.2 Å². The van der Waals surface area contributed by atoms with Gasteiger partial charge >= 0.3 is 0 Å². The number of carbonyl (C=O) groups excluding carboxylic acids is 1. The van der Waals surface area contributed by atoms with Crippen molar-refractivity contribution in [1.29, 1.82) is 0 Å². The fraction of sp³-hybridized carbons (Fsp3) is 0.500. The Balaban J connectivity index is 2.98. The third-order valence-corrected chi connectivity index (χ3v) is 2.62. The lowest BCUT2D eigenvalue weighted by atomic mass is 10.1. The Labute approximate surface area is 117 Å². The van der Waals surface area contributed by atoms with Gasteiger partial charge in [0.25, 0.3) is 12.3 Å². The van der Waals surface area contributed by atoms with Gasteiger partial charge in [-0.2, -0.15) is 0 Å². The molecule has 0 saturated carbocycles. The number of halogens is 2. The Morgan fingerprint density at radius 2 is 2.00 bits per heavy atom. The van der Waals surface area contributed by atoms with E-state index in [2.05, 4.69) is 5.32 Å². The van der Waals surface area contributed by atoms with Crippen molar-refractivity contribution in [1.82, 2.24) is 4.90 Å². The number of carbonyl (C=O) groups is 1. The predicted octanol–water partition coefficient (Wildman–Crippen LogP) is 2.21. The van der Waals surface area contributed by atoms with Crippen molar-refractivity contribution in [3.8, 4) is 0 Å². The highest BCUT2D eigenvalue weighted by Crippen LogP contribution is 2.18. The van der Waals surface area contributed by atoms with Gasteiger partial charge in [0.15, 0.2) is 0 Å². The molecule has 6 heteroatoms. The number of hydrogen-bond acceptors (Lipinski definition) is 3. The summed E-state index contributed by atoms with van der Waals surface area (Å²) in [5.41, 5.74) is 0.931. The zero-order valence-corrected chi connectivity index (χ0v) is 11.6. The summed E-state index contributed by atoms with van der Waals surface area (Å²) in [5, 5.41) is 12.0. The molecule has 0 radical (unpaired) electrons. The Bertz CT molecular complexity index is 439. The number of amides is 1. The second kappa shape index (κ2) is 7.79. The van der Waals surface area contributed by atoms with Crippen LogP contribution in [0.3, 0.4) is 0 Å². The van der Waals surface area contributed by atoms with Crippen LogP contribution in [0.4, 0.5) is 14.5 Å². The van der Waals surface area contributed by atoms with Crippen LogP contribution in [-0.4, -0.2) is 48.1 Å². The molecule has 0 aromatic heterocycles. The number of rotatable bonds is 7. The maximum atomic E-state index is 12.5. The molecule has 0 fully saturated rings. The number of aliphatic hydroxyl groups is 1. The van der Waals surface area contributed by atoms with Gasteiger partial charge in [0.05, 0.1) is 18.7 Å². The number of para-hydroxylation sites is 1. The minimum atomic E-state index is -2.63. The number of anilines is 1. The average molecular weight is 286 g/mol. The third kappa shape index (κ3) is 4.77. The summed E-state index contributed by atoms with van der Waals surface area (Å²) in [6.07, 6.45) is -2.63. The summed E-state index contributed by atoms with van der Waals surface area (Å²) >= 11 is 0. The molecule has 1 amide bonds. The summed E-state index contributed by atoms with van der Waals surface area (Å²) in [6, 6.07) is 6.88. The van der Waals surface area contributed by atoms with E-state index in [9.17, 15) is 13.6 Å². The van der Waals surface area contributed by atoms with Crippen LogP contribution < -0.4 is 5.32 Å². The number of nitrogens with zero attached hydrogens (tertiary/aromatic N) is 1.